The second-order valence-corrected chi connectivity index (χ2v) is 6.93. The smallest absolute Gasteiger partial charge is 0.207 e. The second-order valence-electron chi connectivity index (χ2n) is 6.16. The Hall–Kier alpha value is -2.77. The third-order valence-corrected chi connectivity index (χ3v) is 4.89. The van der Waals surface area contributed by atoms with E-state index in [1.54, 1.807) is 4.57 Å². The molecule has 2 aromatic carbocycles. The molecule has 1 atom stereocenters. The van der Waals surface area contributed by atoms with Gasteiger partial charge in [-0.1, -0.05) is 48.0 Å². The first-order valence-corrected chi connectivity index (χ1v) is 8.98. The van der Waals surface area contributed by atoms with Crippen molar-refractivity contribution >= 4 is 41.2 Å². The summed E-state index contributed by atoms with van der Waals surface area (Å²) in [5.74, 6) is 1.15. The highest BCUT2D eigenvalue weighted by Crippen LogP contribution is 2.36. The number of nitrogen functional groups attached to an aromatic ring is 1. The van der Waals surface area contributed by atoms with E-state index in [0.29, 0.717) is 21.5 Å². The number of anilines is 2. The van der Waals surface area contributed by atoms with Gasteiger partial charge in [-0.15, -0.1) is 0 Å². The topological polar surface area (TPSA) is 67.9 Å². The fraction of sp³-hybridized carbons (Fsp3) is 0.105. The molecule has 7 heteroatoms. The summed E-state index contributed by atoms with van der Waals surface area (Å²) in [6.07, 6.45) is 0. The summed E-state index contributed by atoms with van der Waals surface area (Å²) in [4.78, 5) is 4.55. The Morgan fingerprint density at radius 1 is 1.04 bits per heavy atom. The van der Waals surface area contributed by atoms with Crippen molar-refractivity contribution in [3.05, 3.63) is 76.1 Å². The Bertz CT molecular complexity index is 1040. The first-order chi connectivity index (χ1) is 12.5. The number of fused-ring (bicyclic) bond motifs is 1. The predicted molar refractivity (Wildman–Crippen MR) is 111 cm³/mol. The van der Waals surface area contributed by atoms with Gasteiger partial charge in [0.2, 0.25) is 4.77 Å². The molecule has 5 nitrogen and oxygen atoms in total. The lowest BCUT2D eigenvalue weighted by atomic mass is 9.97. The zero-order valence-corrected chi connectivity index (χ0v) is 15.7. The number of nitrogens with two attached hydrogens (primary N) is 1. The maximum absolute atomic E-state index is 6.57. The molecule has 0 spiro atoms. The monoisotopic (exact) mass is 379 g/mol. The number of aryl methyl sites for hydroxylation is 1. The molecule has 0 radical (unpaired) electrons. The molecule has 1 unspecified atom stereocenters. The molecule has 3 aromatic rings. The van der Waals surface area contributed by atoms with E-state index < -0.39 is 0 Å². The number of hydrogen-bond acceptors (Lipinski definition) is 4. The Balaban J connectivity index is 1.95. The molecule has 4 rings (SSSR count). The summed E-state index contributed by atoms with van der Waals surface area (Å²) < 4.78 is 2.17. The highest BCUT2D eigenvalue weighted by atomic mass is 32.1. The average molecular weight is 380 g/mol. The van der Waals surface area contributed by atoms with Crippen LogP contribution in [-0.2, 0) is 0 Å². The number of thiocarbonyl (C=S) groups is 1. The zero-order chi connectivity index (χ0) is 18.3. The average Bonchev–Trinajstić information content (AvgIpc) is 2.62. The SMILES string of the molecule is Cc1ccc(C2NC(=S)Nc3nc(=S)n(-c4ccccc4)c(N)c32)cc1. The van der Waals surface area contributed by atoms with Gasteiger partial charge >= 0.3 is 0 Å². The normalized spacial score (nSPS) is 15.7. The van der Waals surface area contributed by atoms with Gasteiger partial charge in [0, 0.05) is 5.69 Å². The van der Waals surface area contributed by atoms with E-state index in [1.807, 2.05) is 30.3 Å². The van der Waals surface area contributed by atoms with Crippen LogP contribution in [0.25, 0.3) is 5.69 Å². The van der Waals surface area contributed by atoms with Crippen molar-refractivity contribution < 1.29 is 0 Å². The zero-order valence-electron chi connectivity index (χ0n) is 14.1. The minimum atomic E-state index is -0.197. The van der Waals surface area contributed by atoms with Crippen LogP contribution in [0.1, 0.15) is 22.7 Å². The molecule has 4 N–H and O–H groups in total. The van der Waals surface area contributed by atoms with E-state index in [0.717, 1.165) is 16.8 Å². The predicted octanol–water partition coefficient (Wildman–Crippen LogP) is 3.88. The van der Waals surface area contributed by atoms with Crippen LogP contribution in [-0.4, -0.2) is 14.7 Å². The summed E-state index contributed by atoms with van der Waals surface area (Å²) in [6, 6.07) is 17.8. The maximum Gasteiger partial charge on any atom is 0.207 e. The van der Waals surface area contributed by atoms with E-state index in [2.05, 4.69) is 46.8 Å². The summed E-state index contributed by atoms with van der Waals surface area (Å²) in [6.45, 7) is 2.06. The lowest BCUT2D eigenvalue weighted by Gasteiger charge is -2.31. The van der Waals surface area contributed by atoms with Crippen molar-refractivity contribution in [3.63, 3.8) is 0 Å². The maximum atomic E-state index is 6.57. The molecule has 1 aliphatic heterocycles. The van der Waals surface area contributed by atoms with Gasteiger partial charge in [-0.05, 0) is 49.1 Å². The fourth-order valence-electron chi connectivity index (χ4n) is 3.11. The number of rotatable bonds is 2. The van der Waals surface area contributed by atoms with Crippen LogP contribution < -0.4 is 16.4 Å². The molecule has 26 heavy (non-hydrogen) atoms. The highest BCUT2D eigenvalue weighted by molar-refractivity contribution is 7.80. The molecule has 2 heterocycles. The van der Waals surface area contributed by atoms with Crippen molar-refractivity contribution in [2.24, 2.45) is 0 Å². The van der Waals surface area contributed by atoms with Crippen molar-refractivity contribution in [2.45, 2.75) is 13.0 Å². The number of para-hydroxylation sites is 1. The van der Waals surface area contributed by atoms with Crippen LogP contribution in [0.3, 0.4) is 0 Å². The molecule has 1 aliphatic rings. The number of benzene rings is 2. The van der Waals surface area contributed by atoms with Crippen LogP contribution in [0.4, 0.5) is 11.6 Å². The van der Waals surface area contributed by atoms with Crippen LogP contribution >= 0.6 is 24.4 Å². The van der Waals surface area contributed by atoms with Crippen LogP contribution in [0.2, 0.25) is 0 Å². The summed E-state index contributed by atoms with van der Waals surface area (Å²) >= 11 is 10.8. The van der Waals surface area contributed by atoms with Gasteiger partial charge in [-0.3, -0.25) is 4.57 Å². The molecule has 0 saturated carbocycles. The molecule has 0 bridgehead atoms. The molecule has 0 amide bonds. The van der Waals surface area contributed by atoms with Crippen LogP contribution in [0, 0.1) is 11.7 Å². The fourth-order valence-corrected chi connectivity index (χ4v) is 3.62. The van der Waals surface area contributed by atoms with Crippen LogP contribution in [0.5, 0.6) is 0 Å². The Morgan fingerprint density at radius 2 is 1.73 bits per heavy atom. The van der Waals surface area contributed by atoms with Gasteiger partial charge in [-0.25, -0.2) is 4.98 Å². The van der Waals surface area contributed by atoms with Crippen molar-refractivity contribution in [1.82, 2.24) is 14.9 Å². The van der Waals surface area contributed by atoms with Crippen LogP contribution in [0.15, 0.2) is 54.6 Å². The lowest BCUT2D eigenvalue weighted by molar-refractivity contribution is 0.739. The van der Waals surface area contributed by atoms with E-state index in [-0.39, 0.29) is 6.04 Å². The molecule has 0 saturated heterocycles. The quantitative estimate of drug-likeness (QED) is 0.587. The minimum absolute atomic E-state index is 0.197. The second kappa shape index (κ2) is 6.51. The summed E-state index contributed by atoms with van der Waals surface area (Å²) in [7, 11) is 0. The lowest BCUT2D eigenvalue weighted by Crippen LogP contribution is -2.39. The van der Waals surface area contributed by atoms with Gasteiger partial charge in [0.05, 0.1) is 11.6 Å². The Morgan fingerprint density at radius 3 is 2.42 bits per heavy atom. The molecule has 0 aliphatic carbocycles. The van der Waals surface area contributed by atoms with Gasteiger partial charge in [0.15, 0.2) is 5.11 Å². The first-order valence-electron chi connectivity index (χ1n) is 8.16. The standard InChI is InChI=1S/C19H17N5S2/c1-11-7-9-12(10-8-11)15-14-16(20)24(13-5-3-2-4-6-13)19(26)23-17(14)22-18(25)21-15/h2-10,15H,20H2,1H3,(H2,21,22,23,25,26). The van der Waals surface area contributed by atoms with Gasteiger partial charge in [0.25, 0.3) is 0 Å². The van der Waals surface area contributed by atoms with E-state index in [1.165, 1.54) is 5.56 Å². The highest BCUT2D eigenvalue weighted by Gasteiger charge is 2.29. The Kier molecular flexibility index (Phi) is 4.18. The van der Waals surface area contributed by atoms with Crippen molar-refractivity contribution in [2.75, 3.05) is 11.1 Å². The molecular formula is C19H17N5S2. The molecule has 1 aromatic heterocycles. The number of nitrogens with zero attached hydrogens (tertiary/aromatic N) is 2. The van der Waals surface area contributed by atoms with Crippen molar-refractivity contribution in [1.29, 1.82) is 0 Å². The van der Waals surface area contributed by atoms with Crippen molar-refractivity contribution in [3.8, 4) is 5.69 Å². The number of hydrogen-bond donors (Lipinski definition) is 3. The minimum Gasteiger partial charge on any atom is -0.384 e. The van der Waals surface area contributed by atoms with Gasteiger partial charge < -0.3 is 16.4 Å². The number of nitrogens with one attached hydrogen (secondary N) is 2. The molecule has 130 valence electrons. The third-order valence-electron chi connectivity index (χ3n) is 4.39. The molecular weight excluding hydrogens is 362 g/mol. The number of aromatic nitrogens is 2. The van der Waals surface area contributed by atoms with E-state index in [4.69, 9.17) is 30.2 Å². The van der Waals surface area contributed by atoms with E-state index in [9.17, 15) is 0 Å². The summed E-state index contributed by atoms with van der Waals surface area (Å²) in [5, 5.41) is 6.88. The molecule has 0 fully saturated rings. The first kappa shape index (κ1) is 16.7. The van der Waals surface area contributed by atoms with E-state index >= 15 is 0 Å². The van der Waals surface area contributed by atoms with Gasteiger partial charge in [0.1, 0.15) is 11.6 Å². The van der Waals surface area contributed by atoms with Gasteiger partial charge in [-0.2, -0.15) is 0 Å². The Labute approximate surface area is 161 Å². The largest absolute Gasteiger partial charge is 0.384 e. The third kappa shape index (κ3) is 2.85. The summed E-state index contributed by atoms with van der Waals surface area (Å²) in [5.41, 5.74) is 10.5.